The minimum atomic E-state index is -1.21. The third-order valence-electron chi connectivity index (χ3n) is 2.47. The summed E-state index contributed by atoms with van der Waals surface area (Å²) in [6.45, 7) is -0.578. The van der Waals surface area contributed by atoms with Crippen LogP contribution in [0.1, 0.15) is 16.3 Å². The Morgan fingerprint density at radius 3 is 2.45 bits per heavy atom. The molecule has 0 aromatic carbocycles. The van der Waals surface area contributed by atoms with Crippen molar-refractivity contribution in [2.75, 3.05) is 6.54 Å². The standard InChI is InChI=1S/C14H12N2O6/c17-12(18)8-15-13(19)10(7-9-3-1-5-21-9)16-14(20)11-4-2-6-22-11/h1-7H,8H2,(H,15,19)(H,16,20)(H,17,18)/b10-7+. The average Bonchev–Trinajstić information content (AvgIpc) is 3.16. The number of carbonyl (C=O) groups excluding carboxylic acids is 2. The number of carbonyl (C=O) groups is 3. The number of hydrogen-bond acceptors (Lipinski definition) is 5. The topological polar surface area (TPSA) is 122 Å². The highest BCUT2D eigenvalue weighted by atomic mass is 16.4. The molecule has 0 unspecified atom stereocenters. The van der Waals surface area contributed by atoms with Crippen LogP contribution in [0.4, 0.5) is 0 Å². The Labute approximate surface area is 124 Å². The second kappa shape index (κ2) is 6.93. The van der Waals surface area contributed by atoms with Gasteiger partial charge in [0.15, 0.2) is 5.76 Å². The lowest BCUT2D eigenvalue weighted by Gasteiger charge is -2.08. The normalized spacial score (nSPS) is 11.0. The fraction of sp³-hybridized carbons (Fsp3) is 0.0714. The number of aliphatic carboxylic acids is 1. The Bertz CT molecular complexity index is 685. The monoisotopic (exact) mass is 304 g/mol. The van der Waals surface area contributed by atoms with Crippen LogP contribution in [0.2, 0.25) is 0 Å². The van der Waals surface area contributed by atoms with Gasteiger partial charge >= 0.3 is 5.97 Å². The van der Waals surface area contributed by atoms with E-state index >= 15 is 0 Å². The SMILES string of the molecule is O=C(O)CNC(=O)/C(=C\c1ccco1)NC(=O)c1ccco1. The lowest BCUT2D eigenvalue weighted by molar-refractivity contribution is -0.137. The number of amides is 2. The van der Waals surface area contributed by atoms with Crippen molar-refractivity contribution >= 4 is 23.9 Å². The van der Waals surface area contributed by atoms with Gasteiger partial charge in [-0.05, 0) is 24.3 Å². The maximum atomic E-state index is 11.9. The summed E-state index contributed by atoms with van der Waals surface area (Å²) in [5.41, 5.74) is -0.169. The van der Waals surface area contributed by atoms with Crippen LogP contribution in [-0.2, 0) is 9.59 Å². The molecule has 0 radical (unpaired) electrons. The minimum absolute atomic E-state index is 0.0105. The van der Waals surface area contributed by atoms with E-state index in [1.54, 1.807) is 12.1 Å². The van der Waals surface area contributed by atoms with Gasteiger partial charge in [0.2, 0.25) is 0 Å². The number of furan rings is 2. The fourth-order valence-corrected chi connectivity index (χ4v) is 1.52. The Morgan fingerprint density at radius 2 is 1.86 bits per heavy atom. The van der Waals surface area contributed by atoms with Crippen LogP contribution >= 0.6 is 0 Å². The molecular formula is C14H12N2O6. The summed E-state index contributed by atoms with van der Waals surface area (Å²) in [7, 11) is 0. The molecule has 0 aliphatic carbocycles. The van der Waals surface area contributed by atoms with Gasteiger partial charge < -0.3 is 24.6 Å². The zero-order valence-electron chi connectivity index (χ0n) is 11.2. The molecule has 2 rings (SSSR count). The second-order valence-electron chi connectivity index (χ2n) is 4.08. The third-order valence-corrected chi connectivity index (χ3v) is 2.47. The molecule has 0 saturated carbocycles. The highest BCUT2D eigenvalue weighted by molar-refractivity contribution is 6.04. The van der Waals surface area contributed by atoms with Crippen molar-refractivity contribution in [2.45, 2.75) is 0 Å². The summed E-state index contributed by atoms with van der Waals surface area (Å²) in [4.78, 5) is 34.4. The van der Waals surface area contributed by atoms with Gasteiger partial charge in [-0.2, -0.15) is 0 Å². The van der Waals surface area contributed by atoms with Crippen molar-refractivity contribution in [1.29, 1.82) is 0 Å². The first-order valence-corrected chi connectivity index (χ1v) is 6.16. The van der Waals surface area contributed by atoms with Crippen molar-refractivity contribution in [3.63, 3.8) is 0 Å². The van der Waals surface area contributed by atoms with E-state index in [0.29, 0.717) is 5.76 Å². The predicted molar refractivity (Wildman–Crippen MR) is 73.5 cm³/mol. The summed E-state index contributed by atoms with van der Waals surface area (Å²) in [5, 5.41) is 13.1. The molecule has 0 aliphatic rings. The zero-order chi connectivity index (χ0) is 15.9. The Morgan fingerprint density at radius 1 is 1.14 bits per heavy atom. The summed E-state index contributed by atoms with van der Waals surface area (Å²) in [6, 6.07) is 6.13. The van der Waals surface area contributed by atoms with E-state index in [1.807, 2.05) is 0 Å². The molecule has 0 saturated heterocycles. The summed E-state index contributed by atoms with van der Waals surface area (Å²) in [5.74, 6) is -2.29. The average molecular weight is 304 g/mol. The Balaban J connectivity index is 2.16. The number of carboxylic acid groups (broad SMARTS) is 1. The third kappa shape index (κ3) is 4.10. The van der Waals surface area contributed by atoms with Crippen molar-refractivity contribution in [1.82, 2.24) is 10.6 Å². The quantitative estimate of drug-likeness (QED) is 0.680. The summed E-state index contributed by atoms with van der Waals surface area (Å²) < 4.78 is 9.99. The molecule has 114 valence electrons. The summed E-state index contributed by atoms with van der Waals surface area (Å²) in [6.07, 6.45) is 3.99. The molecule has 2 heterocycles. The molecule has 0 bridgehead atoms. The highest BCUT2D eigenvalue weighted by Crippen LogP contribution is 2.08. The van der Waals surface area contributed by atoms with Gasteiger partial charge in [0.25, 0.3) is 11.8 Å². The first kappa shape index (κ1) is 15.1. The number of hydrogen-bond donors (Lipinski definition) is 3. The van der Waals surface area contributed by atoms with Gasteiger partial charge in [-0.15, -0.1) is 0 Å². The first-order chi connectivity index (χ1) is 10.6. The van der Waals surface area contributed by atoms with E-state index in [9.17, 15) is 14.4 Å². The lowest BCUT2D eigenvalue weighted by atomic mass is 10.3. The molecule has 3 N–H and O–H groups in total. The lowest BCUT2D eigenvalue weighted by Crippen LogP contribution is -2.37. The molecule has 8 heteroatoms. The molecule has 8 nitrogen and oxygen atoms in total. The van der Waals surface area contributed by atoms with Gasteiger partial charge in [0.05, 0.1) is 12.5 Å². The van der Waals surface area contributed by atoms with Crippen molar-refractivity contribution in [2.24, 2.45) is 0 Å². The van der Waals surface area contributed by atoms with Gasteiger partial charge in [0, 0.05) is 6.08 Å². The van der Waals surface area contributed by atoms with Crippen molar-refractivity contribution in [3.8, 4) is 0 Å². The van der Waals surface area contributed by atoms with E-state index in [0.717, 1.165) is 0 Å². The summed E-state index contributed by atoms with van der Waals surface area (Å²) >= 11 is 0. The molecule has 0 spiro atoms. The predicted octanol–water partition coefficient (Wildman–Crippen LogP) is 0.844. The highest BCUT2D eigenvalue weighted by Gasteiger charge is 2.17. The Kier molecular flexibility index (Phi) is 4.76. The fourth-order valence-electron chi connectivity index (χ4n) is 1.52. The molecule has 2 amide bonds. The van der Waals surface area contributed by atoms with Gasteiger partial charge in [0.1, 0.15) is 18.0 Å². The van der Waals surface area contributed by atoms with Crippen LogP contribution in [0.3, 0.4) is 0 Å². The van der Waals surface area contributed by atoms with Crippen LogP contribution in [0, 0.1) is 0 Å². The van der Waals surface area contributed by atoms with Gasteiger partial charge in [-0.1, -0.05) is 0 Å². The number of carboxylic acids is 1. The molecule has 0 atom stereocenters. The molecule has 2 aromatic rings. The van der Waals surface area contributed by atoms with Crippen LogP contribution in [-0.4, -0.2) is 29.4 Å². The maximum Gasteiger partial charge on any atom is 0.322 e. The Hall–Kier alpha value is -3.29. The van der Waals surface area contributed by atoms with Crippen LogP contribution in [0.5, 0.6) is 0 Å². The van der Waals surface area contributed by atoms with E-state index in [1.165, 1.54) is 30.7 Å². The smallest absolute Gasteiger partial charge is 0.322 e. The van der Waals surface area contributed by atoms with E-state index < -0.39 is 24.3 Å². The van der Waals surface area contributed by atoms with Gasteiger partial charge in [-0.3, -0.25) is 14.4 Å². The van der Waals surface area contributed by atoms with Crippen LogP contribution < -0.4 is 10.6 Å². The minimum Gasteiger partial charge on any atom is -0.480 e. The number of rotatable bonds is 6. The molecule has 2 aromatic heterocycles. The molecule has 0 aliphatic heterocycles. The van der Waals surface area contributed by atoms with Crippen LogP contribution in [0.15, 0.2) is 51.3 Å². The maximum absolute atomic E-state index is 11.9. The number of nitrogens with one attached hydrogen (secondary N) is 2. The van der Waals surface area contributed by atoms with Crippen molar-refractivity contribution in [3.05, 3.63) is 54.0 Å². The molecule has 0 fully saturated rings. The first-order valence-electron chi connectivity index (χ1n) is 6.16. The zero-order valence-corrected chi connectivity index (χ0v) is 11.2. The molecular weight excluding hydrogens is 292 g/mol. The molecule has 22 heavy (non-hydrogen) atoms. The second-order valence-corrected chi connectivity index (χ2v) is 4.08. The van der Waals surface area contributed by atoms with E-state index in [-0.39, 0.29) is 11.5 Å². The van der Waals surface area contributed by atoms with E-state index in [2.05, 4.69) is 10.6 Å². The largest absolute Gasteiger partial charge is 0.480 e. The van der Waals surface area contributed by atoms with Crippen molar-refractivity contribution < 1.29 is 28.3 Å². The van der Waals surface area contributed by atoms with E-state index in [4.69, 9.17) is 13.9 Å². The van der Waals surface area contributed by atoms with Gasteiger partial charge in [-0.25, -0.2) is 0 Å². The van der Waals surface area contributed by atoms with Crippen LogP contribution in [0.25, 0.3) is 6.08 Å².